The summed E-state index contributed by atoms with van der Waals surface area (Å²) in [4.78, 5) is 35.0. The molecule has 7 nitrogen and oxygen atoms in total. The summed E-state index contributed by atoms with van der Waals surface area (Å²) in [6.45, 7) is 4.41. The third-order valence-electron chi connectivity index (χ3n) is 5.60. The van der Waals surface area contributed by atoms with Crippen molar-refractivity contribution in [1.29, 1.82) is 0 Å². The third-order valence-corrected chi connectivity index (χ3v) is 6.66. The molecule has 5 rings (SSSR count). The van der Waals surface area contributed by atoms with Crippen LogP contribution >= 0.6 is 11.3 Å². The van der Waals surface area contributed by atoms with Crippen LogP contribution in [0.2, 0.25) is 0 Å². The fourth-order valence-corrected chi connectivity index (χ4v) is 5.16. The molecular weight excluding hydrogens is 414 g/mol. The summed E-state index contributed by atoms with van der Waals surface area (Å²) in [5.74, 6) is -0.495. The molecule has 0 unspecified atom stereocenters. The van der Waals surface area contributed by atoms with Gasteiger partial charge < -0.3 is 9.47 Å². The number of esters is 1. The van der Waals surface area contributed by atoms with Crippen molar-refractivity contribution in [2.45, 2.75) is 39.0 Å². The number of fused-ring (bicyclic) bond motifs is 5. The fraction of sp³-hybridized carbons (Fsp3) is 0.304. The van der Waals surface area contributed by atoms with Crippen LogP contribution in [0.3, 0.4) is 0 Å². The summed E-state index contributed by atoms with van der Waals surface area (Å²) in [6, 6.07) is 10.0. The second-order valence-electron chi connectivity index (χ2n) is 8.22. The fourth-order valence-electron chi connectivity index (χ4n) is 4.05. The number of carbonyl (C=O) groups excluding carboxylic acids is 1. The molecule has 0 radical (unpaired) electrons. The van der Waals surface area contributed by atoms with Gasteiger partial charge in [0.1, 0.15) is 16.1 Å². The summed E-state index contributed by atoms with van der Waals surface area (Å²) in [5.41, 5.74) is 4.09. The number of methoxy groups -OCH3 is 1. The Morgan fingerprint density at radius 2 is 2.03 bits per heavy atom. The van der Waals surface area contributed by atoms with Crippen molar-refractivity contribution in [3.63, 3.8) is 0 Å². The number of ether oxygens (including phenoxy) is 2. The minimum atomic E-state index is -0.495. The van der Waals surface area contributed by atoms with Crippen molar-refractivity contribution >= 4 is 37.7 Å². The first-order valence-corrected chi connectivity index (χ1v) is 10.8. The lowest BCUT2D eigenvalue weighted by atomic mass is 9.88. The van der Waals surface area contributed by atoms with E-state index in [0.717, 1.165) is 32.6 Å². The maximum Gasteiger partial charge on any atom is 0.325 e. The van der Waals surface area contributed by atoms with Crippen LogP contribution in [0.15, 0.2) is 41.5 Å². The van der Waals surface area contributed by atoms with Gasteiger partial charge in [0.25, 0.3) is 5.56 Å². The molecule has 0 aliphatic carbocycles. The van der Waals surface area contributed by atoms with Gasteiger partial charge in [-0.2, -0.15) is 0 Å². The second kappa shape index (κ2) is 7.25. The van der Waals surface area contributed by atoms with Crippen molar-refractivity contribution in [3.05, 3.63) is 58.1 Å². The van der Waals surface area contributed by atoms with Gasteiger partial charge in [-0.25, -0.2) is 9.97 Å². The summed E-state index contributed by atoms with van der Waals surface area (Å²) in [7, 11) is 1.30. The van der Waals surface area contributed by atoms with Gasteiger partial charge in [-0.15, -0.1) is 11.3 Å². The van der Waals surface area contributed by atoms with Crippen LogP contribution in [-0.4, -0.2) is 33.2 Å². The van der Waals surface area contributed by atoms with E-state index in [2.05, 4.69) is 18.8 Å². The van der Waals surface area contributed by atoms with Crippen LogP contribution in [0.5, 0.6) is 0 Å². The summed E-state index contributed by atoms with van der Waals surface area (Å²) in [6.07, 6.45) is 2.11. The van der Waals surface area contributed by atoms with Crippen molar-refractivity contribution < 1.29 is 14.3 Å². The molecule has 0 spiro atoms. The van der Waals surface area contributed by atoms with E-state index in [-0.39, 0.29) is 17.7 Å². The first-order chi connectivity index (χ1) is 14.9. The Hall–Kier alpha value is -3.10. The minimum absolute atomic E-state index is 0.172. The van der Waals surface area contributed by atoms with Crippen molar-refractivity contribution in [2.75, 3.05) is 7.11 Å². The number of hydrogen-bond donors (Lipinski definition) is 0. The lowest BCUT2D eigenvalue weighted by molar-refractivity contribution is -0.141. The smallest absolute Gasteiger partial charge is 0.325 e. The second-order valence-corrected chi connectivity index (χ2v) is 9.22. The third kappa shape index (κ3) is 3.32. The van der Waals surface area contributed by atoms with Crippen LogP contribution < -0.4 is 5.56 Å². The zero-order chi connectivity index (χ0) is 21.8. The molecule has 1 aromatic carbocycles. The Labute approximate surface area is 182 Å². The highest BCUT2D eigenvalue weighted by atomic mass is 32.1. The van der Waals surface area contributed by atoms with Crippen molar-refractivity contribution in [2.24, 2.45) is 0 Å². The molecule has 0 saturated carbocycles. The first kappa shape index (κ1) is 19.8. The predicted molar refractivity (Wildman–Crippen MR) is 119 cm³/mol. The Morgan fingerprint density at radius 3 is 2.77 bits per heavy atom. The van der Waals surface area contributed by atoms with Gasteiger partial charge >= 0.3 is 5.97 Å². The van der Waals surface area contributed by atoms with E-state index in [1.165, 1.54) is 29.3 Å². The van der Waals surface area contributed by atoms with Crippen LogP contribution in [0, 0.1) is 0 Å². The Morgan fingerprint density at radius 1 is 1.26 bits per heavy atom. The van der Waals surface area contributed by atoms with Crippen molar-refractivity contribution in [1.82, 2.24) is 14.5 Å². The Balaban J connectivity index is 1.82. The number of hydrogen-bond acceptors (Lipinski definition) is 7. The van der Waals surface area contributed by atoms with Gasteiger partial charge in [-0.05, 0) is 19.4 Å². The Bertz CT molecular complexity index is 1390. The molecule has 1 aliphatic heterocycles. The predicted octanol–water partition coefficient (Wildman–Crippen LogP) is 3.70. The molecule has 4 aromatic rings. The minimum Gasteiger partial charge on any atom is -0.468 e. The molecule has 158 valence electrons. The van der Waals surface area contributed by atoms with Gasteiger partial charge in [-0.1, -0.05) is 30.3 Å². The zero-order valence-corrected chi connectivity index (χ0v) is 18.3. The maximum absolute atomic E-state index is 13.1. The van der Waals surface area contributed by atoms with Gasteiger partial charge in [0.15, 0.2) is 0 Å². The van der Waals surface area contributed by atoms with E-state index in [1.54, 1.807) is 0 Å². The Kier molecular flexibility index (Phi) is 4.64. The number of carbonyl (C=O) groups is 1. The van der Waals surface area contributed by atoms with E-state index in [0.29, 0.717) is 23.2 Å². The SMILES string of the molecule is COC(=O)Cn1cnc2c(sc3nc(-c4ccccc4)c4c(c32)CC(C)(C)OC4)c1=O. The molecular formula is C23H21N3O4S. The van der Waals surface area contributed by atoms with E-state index < -0.39 is 5.97 Å². The number of pyridine rings is 1. The largest absolute Gasteiger partial charge is 0.468 e. The highest BCUT2D eigenvalue weighted by Crippen LogP contribution is 2.42. The zero-order valence-electron chi connectivity index (χ0n) is 17.5. The topological polar surface area (TPSA) is 83.3 Å². The quantitative estimate of drug-likeness (QED) is 0.457. The average molecular weight is 436 g/mol. The van der Waals surface area contributed by atoms with Gasteiger partial charge in [0.2, 0.25) is 0 Å². The molecule has 3 aromatic heterocycles. The number of thiophene rings is 1. The van der Waals surface area contributed by atoms with Crippen LogP contribution in [-0.2, 0) is 33.8 Å². The van der Waals surface area contributed by atoms with Crippen LogP contribution in [0.25, 0.3) is 31.7 Å². The molecule has 0 bridgehead atoms. The van der Waals surface area contributed by atoms with E-state index in [4.69, 9.17) is 14.5 Å². The number of aromatic nitrogens is 3. The summed E-state index contributed by atoms with van der Waals surface area (Å²) in [5, 5.41) is 0.911. The van der Waals surface area contributed by atoms with E-state index >= 15 is 0 Å². The molecule has 0 N–H and O–H groups in total. The standard InChI is InChI=1S/C23H21N3O4S/c1-23(2)9-14-15(11-30-23)18(13-7-5-4-6-8-13)25-21-17(14)19-20(31-21)22(28)26(12-24-19)10-16(27)29-3/h4-8,12H,9-11H2,1-3H3. The molecule has 1 aliphatic rings. The lowest BCUT2D eigenvalue weighted by Crippen LogP contribution is -2.32. The monoisotopic (exact) mass is 435 g/mol. The van der Waals surface area contributed by atoms with Gasteiger partial charge in [0.05, 0.1) is 36.9 Å². The number of nitrogens with zero attached hydrogens (tertiary/aromatic N) is 3. The maximum atomic E-state index is 13.1. The highest BCUT2D eigenvalue weighted by Gasteiger charge is 2.32. The van der Waals surface area contributed by atoms with Crippen LogP contribution in [0.4, 0.5) is 0 Å². The van der Waals surface area contributed by atoms with Crippen molar-refractivity contribution in [3.8, 4) is 11.3 Å². The van der Waals surface area contributed by atoms with E-state index in [9.17, 15) is 9.59 Å². The van der Waals surface area contributed by atoms with Gasteiger partial charge in [-0.3, -0.25) is 14.2 Å². The normalized spacial score (nSPS) is 15.2. The summed E-state index contributed by atoms with van der Waals surface area (Å²) >= 11 is 1.32. The molecule has 0 saturated heterocycles. The molecule has 8 heteroatoms. The summed E-state index contributed by atoms with van der Waals surface area (Å²) < 4.78 is 12.6. The lowest BCUT2D eigenvalue weighted by Gasteiger charge is -2.33. The number of rotatable bonds is 3. The number of benzene rings is 1. The van der Waals surface area contributed by atoms with E-state index in [1.807, 2.05) is 30.3 Å². The molecule has 4 heterocycles. The molecule has 0 amide bonds. The first-order valence-electron chi connectivity index (χ1n) is 9.97. The molecule has 0 atom stereocenters. The van der Waals surface area contributed by atoms with Crippen LogP contribution in [0.1, 0.15) is 25.0 Å². The van der Waals surface area contributed by atoms with Gasteiger partial charge in [0, 0.05) is 22.9 Å². The molecule has 31 heavy (non-hydrogen) atoms. The molecule has 0 fully saturated rings. The highest BCUT2D eigenvalue weighted by molar-refractivity contribution is 7.25. The average Bonchev–Trinajstić information content (AvgIpc) is 3.14.